The van der Waals surface area contributed by atoms with Crippen molar-refractivity contribution < 1.29 is 9.53 Å². The second-order valence-corrected chi connectivity index (χ2v) is 9.19. The Bertz CT molecular complexity index is 1380. The molecule has 0 spiro atoms. The molecule has 1 saturated heterocycles. The summed E-state index contributed by atoms with van der Waals surface area (Å²) in [5, 5.41) is 13.6. The maximum atomic E-state index is 12.0. The van der Waals surface area contributed by atoms with E-state index in [9.17, 15) is 4.79 Å². The minimum absolute atomic E-state index is 0.0230. The van der Waals surface area contributed by atoms with E-state index < -0.39 is 0 Å². The summed E-state index contributed by atoms with van der Waals surface area (Å²) in [6.45, 7) is 2.69. The number of hydrogen-bond acceptors (Lipinski definition) is 6. The van der Waals surface area contributed by atoms with Gasteiger partial charge in [0.2, 0.25) is 5.91 Å². The van der Waals surface area contributed by atoms with Crippen LogP contribution in [0.25, 0.3) is 11.1 Å². The van der Waals surface area contributed by atoms with Gasteiger partial charge in [-0.1, -0.05) is 29.5 Å². The molecule has 5 rings (SSSR count). The average molecular weight is 483 g/mol. The highest BCUT2D eigenvalue weighted by Gasteiger charge is 2.30. The number of anilines is 1. The lowest BCUT2D eigenvalue weighted by atomic mass is 10.0. The number of carbonyl (C=O) groups excluding carboxylic acids is 1. The van der Waals surface area contributed by atoms with E-state index in [0.717, 1.165) is 28.8 Å². The lowest BCUT2D eigenvalue weighted by Crippen LogP contribution is -2.38. The van der Waals surface area contributed by atoms with Crippen LogP contribution >= 0.6 is 0 Å². The van der Waals surface area contributed by atoms with Crippen molar-refractivity contribution >= 4 is 17.8 Å². The lowest BCUT2D eigenvalue weighted by Gasteiger charge is -2.16. The summed E-state index contributed by atoms with van der Waals surface area (Å²) in [5.41, 5.74) is 9.60. The molecule has 0 bridgehead atoms. The Hall–Kier alpha value is -4.13. The molecule has 3 N–H and O–H groups in total. The first kappa shape index (κ1) is 23.6. The van der Waals surface area contributed by atoms with Crippen LogP contribution in [0.5, 0.6) is 5.75 Å². The first-order chi connectivity index (χ1) is 17.5. The first-order valence-corrected chi connectivity index (χ1v) is 12.1. The largest absolute Gasteiger partial charge is 0.489 e. The zero-order valence-electron chi connectivity index (χ0n) is 20.7. The van der Waals surface area contributed by atoms with Crippen molar-refractivity contribution in [3.63, 3.8) is 0 Å². The summed E-state index contributed by atoms with van der Waals surface area (Å²) in [6.07, 6.45) is 8.97. The van der Waals surface area contributed by atoms with Crippen LogP contribution < -0.4 is 20.7 Å². The standard InChI is InChI=1S/C28H30N6O2/c1-18-7-8-19-5-4-6-27(31-14-21(19)9-18)33-23-10-20(22-15-32-34(3)17-22)11-24(12-23)36-25-13-26(30-16-25)28(35)29-2/h4,7-12,14-15,17,25-26,30,33H,5,13,16H2,1-3H3,(H,29,35)/b31-14-/t6?,25-,26-/m0/s1. The molecule has 2 atom stereocenters. The predicted octanol–water partition coefficient (Wildman–Crippen LogP) is 3.33. The molecule has 8 nitrogen and oxygen atoms in total. The number of rotatable bonds is 6. The van der Waals surface area contributed by atoms with Gasteiger partial charge in [-0.25, -0.2) is 4.99 Å². The normalized spacial score (nSPS) is 19.6. The van der Waals surface area contributed by atoms with Crippen LogP contribution in [-0.4, -0.2) is 47.6 Å². The molecule has 0 saturated carbocycles. The Balaban J connectivity index is 1.41. The fourth-order valence-corrected chi connectivity index (χ4v) is 4.49. The quantitative estimate of drug-likeness (QED) is 0.469. The molecular weight excluding hydrogens is 452 g/mol. The Labute approximate surface area is 210 Å². The summed E-state index contributed by atoms with van der Waals surface area (Å²) >= 11 is 0. The number of benzene rings is 2. The van der Waals surface area contributed by atoms with Gasteiger partial charge in [0.15, 0.2) is 5.82 Å². The number of aliphatic imine (C=N–C) groups is 1. The van der Waals surface area contributed by atoms with Crippen LogP contribution in [0.2, 0.25) is 0 Å². The van der Waals surface area contributed by atoms with Crippen molar-refractivity contribution in [3.8, 4) is 16.9 Å². The fraction of sp³-hybridized carbons (Fsp3) is 0.286. The van der Waals surface area contributed by atoms with Crippen molar-refractivity contribution in [2.45, 2.75) is 31.9 Å². The number of nitrogens with one attached hydrogen (secondary N) is 3. The van der Waals surface area contributed by atoms with Gasteiger partial charge in [-0.2, -0.15) is 5.10 Å². The molecule has 0 unspecified atom stereocenters. The molecule has 2 aliphatic heterocycles. The van der Waals surface area contributed by atoms with Crippen molar-refractivity contribution in [1.82, 2.24) is 20.4 Å². The fourth-order valence-electron chi connectivity index (χ4n) is 4.49. The van der Waals surface area contributed by atoms with Crippen molar-refractivity contribution in [2.75, 3.05) is 18.9 Å². The van der Waals surface area contributed by atoms with Gasteiger partial charge in [0.05, 0.1) is 12.2 Å². The van der Waals surface area contributed by atoms with Crippen LogP contribution in [0, 0.1) is 6.92 Å². The number of fused-ring (bicyclic) bond motifs is 1. The minimum atomic E-state index is -0.245. The van der Waals surface area contributed by atoms with E-state index in [2.05, 4.69) is 56.9 Å². The SMILES string of the molecule is CNC(=O)[C@@H]1C[C@H](Oc2cc(NC3=C=CCc4ccc(C)cc4/C=N\3)cc(-c3cnn(C)c3)c2)CN1. The van der Waals surface area contributed by atoms with E-state index in [1.165, 1.54) is 11.1 Å². The third-order valence-corrected chi connectivity index (χ3v) is 6.36. The Morgan fingerprint density at radius 2 is 2.11 bits per heavy atom. The number of hydrogen-bond donors (Lipinski definition) is 3. The van der Waals surface area contributed by atoms with Gasteiger partial charge in [-0.15, -0.1) is 0 Å². The number of amides is 1. The summed E-state index contributed by atoms with van der Waals surface area (Å²) in [4.78, 5) is 16.7. The van der Waals surface area contributed by atoms with Crippen LogP contribution in [0.4, 0.5) is 5.69 Å². The highest BCUT2D eigenvalue weighted by molar-refractivity contribution is 5.84. The molecule has 1 aromatic heterocycles. The van der Waals surface area contributed by atoms with Gasteiger partial charge in [0.1, 0.15) is 11.9 Å². The van der Waals surface area contributed by atoms with E-state index in [4.69, 9.17) is 4.74 Å². The zero-order valence-corrected chi connectivity index (χ0v) is 20.7. The van der Waals surface area contributed by atoms with E-state index in [-0.39, 0.29) is 18.1 Å². The molecule has 8 heteroatoms. The van der Waals surface area contributed by atoms with E-state index in [1.54, 1.807) is 11.7 Å². The highest BCUT2D eigenvalue weighted by Crippen LogP contribution is 2.31. The maximum absolute atomic E-state index is 12.0. The average Bonchev–Trinajstić information content (AvgIpc) is 3.50. The Morgan fingerprint density at radius 3 is 2.92 bits per heavy atom. The van der Waals surface area contributed by atoms with Crippen molar-refractivity contribution in [3.05, 3.63) is 83.1 Å². The smallest absolute Gasteiger partial charge is 0.237 e. The first-order valence-electron chi connectivity index (χ1n) is 12.1. The summed E-state index contributed by atoms with van der Waals surface area (Å²) < 4.78 is 8.09. The molecule has 2 aliphatic rings. The molecule has 36 heavy (non-hydrogen) atoms. The number of allylic oxidation sites excluding steroid dienone is 1. The second-order valence-electron chi connectivity index (χ2n) is 9.19. The molecule has 3 aromatic rings. The number of nitrogens with zero attached hydrogens (tertiary/aromatic N) is 3. The zero-order chi connectivity index (χ0) is 25.1. The van der Waals surface area contributed by atoms with Crippen molar-refractivity contribution in [1.29, 1.82) is 0 Å². The van der Waals surface area contributed by atoms with Gasteiger partial charge in [0, 0.05) is 56.8 Å². The topological polar surface area (TPSA) is 92.6 Å². The van der Waals surface area contributed by atoms with Crippen LogP contribution in [-0.2, 0) is 18.3 Å². The summed E-state index contributed by atoms with van der Waals surface area (Å²) in [7, 11) is 3.54. The van der Waals surface area contributed by atoms with Gasteiger partial charge in [-0.3, -0.25) is 9.48 Å². The second kappa shape index (κ2) is 10.2. The Morgan fingerprint density at radius 1 is 1.22 bits per heavy atom. The maximum Gasteiger partial charge on any atom is 0.237 e. The number of likely N-dealkylation sites (N-methyl/N-ethyl adjacent to an activating group) is 1. The molecule has 0 aliphatic carbocycles. The van der Waals surface area contributed by atoms with Crippen LogP contribution in [0.15, 0.2) is 71.4 Å². The minimum Gasteiger partial charge on any atom is -0.489 e. The molecule has 3 heterocycles. The molecular formula is C28H30N6O2. The highest BCUT2D eigenvalue weighted by atomic mass is 16.5. The van der Waals surface area contributed by atoms with E-state index in [0.29, 0.717) is 24.5 Å². The number of carbonyl (C=O) groups is 1. The van der Waals surface area contributed by atoms with Crippen LogP contribution in [0.1, 0.15) is 23.1 Å². The lowest BCUT2D eigenvalue weighted by molar-refractivity contribution is -0.122. The van der Waals surface area contributed by atoms with E-state index in [1.807, 2.05) is 49.9 Å². The number of aryl methyl sites for hydroxylation is 2. The third-order valence-electron chi connectivity index (χ3n) is 6.36. The van der Waals surface area contributed by atoms with Crippen LogP contribution in [0.3, 0.4) is 0 Å². The number of ether oxygens (including phenoxy) is 1. The summed E-state index contributed by atoms with van der Waals surface area (Å²) in [5.74, 6) is 1.31. The van der Waals surface area contributed by atoms with Crippen molar-refractivity contribution in [2.24, 2.45) is 12.0 Å². The molecule has 0 radical (unpaired) electrons. The Kier molecular flexibility index (Phi) is 6.71. The monoisotopic (exact) mass is 482 g/mol. The van der Waals surface area contributed by atoms with Gasteiger partial charge in [0.25, 0.3) is 0 Å². The predicted molar refractivity (Wildman–Crippen MR) is 141 cm³/mol. The number of aromatic nitrogens is 2. The molecule has 1 amide bonds. The third kappa shape index (κ3) is 5.40. The molecule has 184 valence electrons. The molecule has 2 aromatic carbocycles. The van der Waals surface area contributed by atoms with Gasteiger partial charge < -0.3 is 20.7 Å². The van der Waals surface area contributed by atoms with Gasteiger partial charge >= 0.3 is 0 Å². The summed E-state index contributed by atoms with van der Waals surface area (Å²) in [6, 6.07) is 12.2. The van der Waals surface area contributed by atoms with E-state index >= 15 is 0 Å². The van der Waals surface area contributed by atoms with Gasteiger partial charge in [-0.05, 0) is 48.2 Å². The molecule has 1 fully saturated rings.